The van der Waals surface area contributed by atoms with Gasteiger partial charge in [0.2, 0.25) is 0 Å². The van der Waals surface area contributed by atoms with Gasteiger partial charge in [-0.3, -0.25) is 9.27 Å². The van der Waals surface area contributed by atoms with E-state index in [9.17, 15) is 4.21 Å². The molecule has 1 atom stereocenters. The van der Waals surface area contributed by atoms with Crippen molar-refractivity contribution < 1.29 is 8.76 Å². The lowest BCUT2D eigenvalue weighted by Gasteiger charge is -2.28. The van der Waals surface area contributed by atoms with Crippen LogP contribution in [0, 0.1) is 0 Å². The Morgan fingerprint density at radius 1 is 0.958 bits per heavy atom. The Morgan fingerprint density at radius 2 is 1.33 bits per heavy atom. The van der Waals surface area contributed by atoms with Gasteiger partial charge in [-0.25, -0.2) is 4.21 Å². The third-order valence-electron chi connectivity index (χ3n) is 3.75. The van der Waals surface area contributed by atoms with E-state index < -0.39 is 11.3 Å². The van der Waals surface area contributed by atoms with Crippen molar-refractivity contribution in [2.24, 2.45) is 0 Å². The zero-order valence-corrected chi connectivity index (χ0v) is 19.8. The standard InChI is InChI=1S/C15H14Br4N2O2S/c1-15(2,7-3-9(16)13(20)10(17)4-7)8-5-11(18)14(12(19)6-8)21-24(22)23/h3-6,21H,20H2,1-2H3,(H,22,23). The molecule has 0 saturated carbocycles. The Bertz CT molecular complexity index is 781. The van der Waals surface area contributed by atoms with Gasteiger partial charge in [-0.05, 0) is 99.1 Å². The Balaban J connectivity index is 2.56. The lowest BCUT2D eigenvalue weighted by atomic mass is 9.78. The van der Waals surface area contributed by atoms with Gasteiger partial charge in [-0.15, -0.1) is 0 Å². The molecule has 2 aromatic carbocycles. The highest BCUT2D eigenvalue weighted by molar-refractivity contribution is 9.11. The summed E-state index contributed by atoms with van der Waals surface area (Å²) >= 11 is 11.7. The normalized spacial score (nSPS) is 13.0. The van der Waals surface area contributed by atoms with Crippen molar-refractivity contribution in [1.82, 2.24) is 0 Å². The smallest absolute Gasteiger partial charge is 0.259 e. The van der Waals surface area contributed by atoms with Gasteiger partial charge in [0.1, 0.15) is 0 Å². The molecule has 0 aromatic heterocycles. The van der Waals surface area contributed by atoms with Crippen LogP contribution >= 0.6 is 63.7 Å². The van der Waals surface area contributed by atoms with Gasteiger partial charge in [-0.2, -0.15) is 0 Å². The van der Waals surface area contributed by atoms with Crippen LogP contribution in [0.4, 0.5) is 11.4 Å². The molecule has 0 radical (unpaired) electrons. The summed E-state index contributed by atoms with van der Waals surface area (Å²) in [5.74, 6) is 0. The molecule has 9 heteroatoms. The van der Waals surface area contributed by atoms with Gasteiger partial charge < -0.3 is 5.73 Å². The second-order valence-corrected chi connectivity index (χ2v) is 9.76. The molecule has 0 aliphatic rings. The summed E-state index contributed by atoms with van der Waals surface area (Å²) in [5.41, 5.74) is 8.93. The number of hydrogen-bond donors (Lipinski definition) is 3. The van der Waals surface area contributed by atoms with Crippen molar-refractivity contribution in [2.45, 2.75) is 19.3 Å². The van der Waals surface area contributed by atoms with E-state index in [0.717, 1.165) is 20.1 Å². The summed E-state index contributed by atoms with van der Waals surface area (Å²) in [7, 11) is 0. The molecular formula is C15H14Br4N2O2S. The molecule has 130 valence electrons. The summed E-state index contributed by atoms with van der Waals surface area (Å²) in [5, 5.41) is 0. The highest BCUT2D eigenvalue weighted by atomic mass is 79.9. The first-order valence-corrected chi connectivity index (χ1v) is 10.9. The summed E-state index contributed by atoms with van der Waals surface area (Å²) in [6.07, 6.45) is 0. The van der Waals surface area contributed by atoms with Crippen molar-refractivity contribution in [2.75, 3.05) is 10.5 Å². The molecule has 0 saturated heterocycles. The first kappa shape index (κ1) is 20.4. The van der Waals surface area contributed by atoms with Crippen LogP contribution in [0.25, 0.3) is 0 Å². The van der Waals surface area contributed by atoms with Gasteiger partial charge in [0.05, 0.1) is 11.4 Å². The third kappa shape index (κ3) is 4.24. The lowest BCUT2D eigenvalue weighted by Crippen LogP contribution is -2.20. The van der Waals surface area contributed by atoms with Gasteiger partial charge in [-0.1, -0.05) is 13.8 Å². The predicted molar refractivity (Wildman–Crippen MR) is 115 cm³/mol. The molecule has 4 nitrogen and oxygen atoms in total. The average Bonchev–Trinajstić information content (AvgIpc) is 2.47. The first-order valence-electron chi connectivity index (χ1n) is 6.66. The zero-order chi connectivity index (χ0) is 18.2. The van der Waals surface area contributed by atoms with Crippen LogP contribution in [0.1, 0.15) is 25.0 Å². The zero-order valence-electron chi connectivity index (χ0n) is 12.7. The quantitative estimate of drug-likeness (QED) is 0.287. The molecule has 0 aliphatic heterocycles. The highest BCUT2D eigenvalue weighted by Gasteiger charge is 2.26. The molecule has 0 spiro atoms. The van der Waals surface area contributed by atoms with E-state index in [4.69, 9.17) is 10.3 Å². The Morgan fingerprint density at radius 3 is 1.71 bits per heavy atom. The SMILES string of the molecule is CC(C)(c1cc(Br)c(N)c(Br)c1)c1cc(Br)c(NS(=O)O)c(Br)c1. The minimum atomic E-state index is -2.15. The van der Waals surface area contributed by atoms with Gasteiger partial charge in [0.15, 0.2) is 0 Å². The number of rotatable bonds is 4. The molecule has 0 heterocycles. The van der Waals surface area contributed by atoms with Crippen LogP contribution in [0.5, 0.6) is 0 Å². The molecule has 0 fully saturated rings. The fourth-order valence-electron chi connectivity index (χ4n) is 2.23. The predicted octanol–water partition coefficient (Wildman–Crippen LogP) is 6.19. The van der Waals surface area contributed by atoms with E-state index in [1.54, 1.807) is 0 Å². The first-order chi connectivity index (χ1) is 11.0. The maximum Gasteiger partial charge on any atom is 0.259 e. The van der Waals surface area contributed by atoms with Gasteiger partial charge in [0.25, 0.3) is 11.3 Å². The van der Waals surface area contributed by atoms with Crippen molar-refractivity contribution in [1.29, 1.82) is 0 Å². The van der Waals surface area contributed by atoms with Crippen molar-refractivity contribution in [3.05, 3.63) is 53.3 Å². The largest absolute Gasteiger partial charge is 0.397 e. The molecule has 24 heavy (non-hydrogen) atoms. The second kappa shape index (κ2) is 7.75. The minimum Gasteiger partial charge on any atom is -0.397 e. The minimum absolute atomic E-state index is 0.319. The Kier molecular flexibility index (Phi) is 6.58. The van der Waals surface area contributed by atoms with E-state index >= 15 is 0 Å². The molecule has 1 unspecified atom stereocenters. The van der Waals surface area contributed by atoms with Crippen LogP contribution in [0.15, 0.2) is 42.2 Å². The molecule has 2 aromatic rings. The van der Waals surface area contributed by atoms with E-state index in [2.05, 4.69) is 82.3 Å². The van der Waals surface area contributed by atoms with Crippen LogP contribution in [-0.2, 0) is 16.7 Å². The molecule has 0 amide bonds. The molecule has 0 bridgehead atoms. The highest BCUT2D eigenvalue weighted by Crippen LogP contribution is 2.42. The van der Waals surface area contributed by atoms with Crippen molar-refractivity contribution in [3.8, 4) is 0 Å². The monoisotopic (exact) mass is 602 g/mol. The number of nitrogens with one attached hydrogen (secondary N) is 1. The topological polar surface area (TPSA) is 75.3 Å². The van der Waals surface area contributed by atoms with E-state index in [1.165, 1.54) is 0 Å². The van der Waals surface area contributed by atoms with Crippen LogP contribution < -0.4 is 10.5 Å². The number of halogens is 4. The third-order valence-corrected chi connectivity index (χ3v) is 6.70. The molecule has 0 aliphatic carbocycles. The van der Waals surface area contributed by atoms with E-state index in [0.29, 0.717) is 20.3 Å². The van der Waals surface area contributed by atoms with Crippen molar-refractivity contribution >= 4 is 86.4 Å². The summed E-state index contributed by atoms with van der Waals surface area (Å²) in [6, 6.07) is 7.85. The number of nitrogen functional groups attached to an aromatic ring is 1. The maximum absolute atomic E-state index is 11.0. The van der Waals surface area contributed by atoms with Gasteiger partial charge >= 0.3 is 0 Å². The fraction of sp³-hybridized carbons (Fsp3) is 0.200. The Labute approximate surface area is 176 Å². The van der Waals surface area contributed by atoms with E-state index in [-0.39, 0.29) is 5.41 Å². The van der Waals surface area contributed by atoms with Gasteiger partial charge in [0, 0.05) is 23.3 Å². The van der Waals surface area contributed by atoms with Crippen molar-refractivity contribution in [3.63, 3.8) is 0 Å². The number of hydrogen-bond acceptors (Lipinski definition) is 2. The summed E-state index contributed by atoms with van der Waals surface area (Å²) in [6.45, 7) is 4.20. The number of nitrogens with two attached hydrogens (primary N) is 1. The number of anilines is 2. The molecular weight excluding hydrogens is 592 g/mol. The lowest BCUT2D eigenvalue weighted by molar-refractivity contribution is 0.570. The molecule has 2 rings (SSSR count). The summed E-state index contributed by atoms with van der Waals surface area (Å²) in [4.78, 5) is 0. The van der Waals surface area contributed by atoms with E-state index in [1.807, 2.05) is 24.3 Å². The Hall–Kier alpha value is 0.0700. The maximum atomic E-state index is 11.0. The number of benzene rings is 2. The average molecular weight is 606 g/mol. The van der Waals surface area contributed by atoms with Crippen LogP contribution in [-0.4, -0.2) is 8.76 Å². The second-order valence-electron chi connectivity index (χ2n) is 5.64. The van der Waals surface area contributed by atoms with Crippen LogP contribution in [0.2, 0.25) is 0 Å². The fourth-order valence-corrected chi connectivity index (χ4v) is 5.46. The molecule has 4 N–H and O–H groups in total. The summed E-state index contributed by atoms with van der Waals surface area (Å²) < 4.78 is 25.6. The van der Waals surface area contributed by atoms with Crippen LogP contribution in [0.3, 0.4) is 0 Å².